The Morgan fingerprint density at radius 1 is 1.30 bits per heavy atom. The van der Waals surface area contributed by atoms with Gasteiger partial charge in [-0.25, -0.2) is 4.39 Å². The molecule has 1 saturated heterocycles. The lowest BCUT2D eigenvalue weighted by Crippen LogP contribution is -2.32. The van der Waals surface area contributed by atoms with Gasteiger partial charge in [0, 0.05) is 11.6 Å². The molecule has 20 heavy (non-hydrogen) atoms. The molecular weight excluding hydrogens is 257 g/mol. The van der Waals surface area contributed by atoms with E-state index in [9.17, 15) is 9.18 Å². The van der Waals surface area contributed by atoms with E-state index < -0.39 is 5.97 Å². The fraction of sp³-hybridized carbons (Fsp3) is 0.562. The van der Waals surface area contributed by atoms with Crippen LogP contribution in [0.2, 0.25) is 0 Å². The van der Waals surface area contributed by atoms with E-state index in [2.05, 4.69) is 4.90 Å². The number of aliphatic carboxylic acids is 1. The molecular formula is C16H22FNO2. The molecule has 0 spiro atoms. The largest absolute Gasteiger partial charge is 0.481 e. The van der Waals surface area contributed by atoms with Gasteiger partial charge in [0.15, 0.2) is 0 Å². The first kappa shape index (κ1) is 15.0. The van der Waals surface area contributed by atoms with Crippen molar-refractivity contribution in [2.75, 3.05) is 13.1 Å². The van der Waals surface area contributed by atoms with Crippen LogP contribution in [-0.2, 0) is 4.79 Å². The minimum Gasteiger partial charge on any atom is -0.481 e. The minimum absolute atomic E-state index is 0.0413. The van der Waals surface area contributed by atoms with Crippen molar-refractivity contribution in [3.63, 3.8) is 0 Å². The van der Waals surface area contributed by atoms with E-state index in [1.165, 1.54) is 18.9 Å². The Morgan fingerprint density at radius 3 is 2.55 bits per heavy atom. The van der Waals surface area contributed by atoms with Crippen molar-refractivity contribution in [3.05, 3.63) is 35.1 Å². The number of aryl methyl sites for hydroxylation is 1. The highest BCUT2D eigenvalue weighted by Gasteiger charge is 2.26. The van der Waals surface area contributed by atoms with E-state index >= 15 is 0 Å². The molecule has 0 amide bonds. The number of carboxylic acid groups (broad SMARTS) is 1. The van der Waals surface area contributed by atoms with Crippen LogP contribution in [0.25, 0.3) is 0 Å². The second kappa shape index (κ2) is 6.84. The second-order valence-electron chi connectivity index (χ2n) is 5.59. The Bertz CT molecular complexity index is 468. The standard InChI is InChI=1S/C16H22FNO2/c1-12-6-7-14(17)13(10-12)15(11-16(19)20)18-8-4-2-3-5-9-18/h6-7,10,15H,2-5,8-9,11H2,1H3,(H,19,20). The van der Waals surface area contributed by atoms with Crippen LogP contribution in [0.1, 0.15) is 49.3 Å². The summed E-state index contributed by atoms with van der Waals surface area (Å²) in [5.74, 6) is -1.17. The molecule has 2 rings (SSSR count). The summed E-state index contributed by atoms with van der Waals surface area (Å²) in [6, 6.07) is 4.59. The highest BCUT2D eigenvalue weighted by molar-refractivity contribution is 5.68. The highest BCUT2D eigenvalue weighted by atomic mass is 19.1. The van der Waals surface area contributed by atoms with Gasteiger partial charge in [-0.3, -0.25) is 9.69 Å². The topological polar surface area (TPSA) is 40.5 Å². The number of hydrogen-bond acceptors (Lipinski definition) is 2. The fourth-order valence-corrected chi connectivity index (χ4v) is 2.93. The van der Waals surface area contributed by atoms with Gasteiger partial charge in [0.1, 0.15) is 5.82 Å². The van der Waals surface area contributed by atoms with Crippen LogP contribution in [0.3, 0.4) is 0 Å². The molecule has 4 heteroatoms. The number of hydrogen-bond donors (Lipinski definition) is 1. The summed E-state index contributed by atoms with van der Waals surface area (Å²) in [4.78, 5) is 13.3. The fourth-order valence-electron chi connectivity index (χ4n) is 2.93. The maximum Gasteiger partial charge on any atom is 0.305 e. The summed E-state index contributed by atoms with van der Waals surface area (Å²) in [5.41, 5.74) is 1.49. The number of benzene rings is 1. The third-order valence-corrected chi connectivity index (χ3v) is 3.96. The Kier molecular flexibility index (Phi) is 5.12. The zero-order valence-corrected chi connectivity index (χ0v) is 11.9. The van der Waals surface area contributed by atoms with Crippen LogP contribution in [0.5, 0.6) is 0 Å². The third kappa shape index (κ3) is 3.79. The monoisotopic (exact) mass is 279 g/mol. The van der Waals surface area contributed by atoms with Gasteiger partial charge in [0.2, 0.25) is 0 Å². The molecule has 1 aromatic carbocycles. The van der Waals surface area contributed by atoms with Gasteiger partial charge >= 0.3 is 5.97 Å². The van der Waals surface area contributed by atoms with Gasteiger partial charge in [-0.15, -0.1) is 0 Å². The molecule has 110 valence electrons. The van der Waals surface area contributed by atoms with Gasteiger partial charge in [-0.05, 0) is 38.9 Å². The normalized spacial score (nSPS) is 18.5. The molecule has 1 aromatic rings. The predicted molar refractivity (Wildman–Crippen MR) is 76.2 cm³/mol. The Hall–Kier alpha value is -1.42. The molecule has 1 heterocycles. The van der Waals surface area contributed by atoms with Gasteiger partial charge in [0.05, 0.1) is 6.42 Å². The predicted octanol–water partition coefficient (Wildman–Crippen LogP) is 3.53. The average molecular weight is 279 g/mol. The number of nitrogens with zero attached hydrogens (tertiary/aromatic N) is 1. The van der Waals surface area contributed by atoms with Crippen LogP contribution in [0.15, 0.2) is 18.2 Å². The van der Waals surface area contributed by atoms with Crippen molar-refractivity contribution < 1.29 is 14.3 Å². The van der Waals surface area contributed by atoms with E-state index in [0.29, 0.717) is 5.56 Å². The van der Waals surface area contributed by atoms with E-state index in [-0.39, 0.29) is 18.3 Å². The first-order valence-corrected chi connectivity index (χ1v) is 7.30. The molecule has 0 aliphatic carbocycles. The lowest BCUT2D eigenvalue weighted by Gasteiger charge is -2.30. The maximum absolute atomic E-state index is 14.1. The first-order chi connectivity index (χ1) is 9.58. The Morgan fingerprint density at radius 2 is 1.95 bits per heavy atom. The van der Waals surface area contributed by atoms with E-state index in [1.807, 2.05) is 6.92 Å². The van der Waals surface area contributed by atoms with Crippen LogP contribution < -0.4 is 0 Å². The number of likely N-dealkylation sites (tertiary alicyclic amines) is 1. The molecule has 0 radical (unpaired) electrons. The quantitative estimate of drug-likeness (QED) is 0.916. The van der Waals surface area contributed by atoms with E-state index in [1.54, 1.807) is 12.1 Å². The zero-order chi connectivity index (χ0) is 14.5. The number of carbonyl (C=O) groups is 1. The molecule has 0 aromatic heterocycles. The Labute approximate surface area is 119 Å². The highest BCUT2D eigenvalue weighted by Crippen LogP contribution is 2.29. The zero-order valence-electron chi connectivity index (χ0n) is 11.9. The molecule has 1 N–H and O–H groups in total. The van der Waals surface area contributed by atoms with Crippen molar-refractivity contribution in [1.29, 1.82) is 0 Å². The molecule has 1 unspecified atom stereocenters. The summed E-state index contributed by atoms with van der Waals surface area (Å²) < 4.78 is 14.1. The lowest BCUT2D eigenvalue weighted by molar-refractivity contribution is -0.138. The minimum atomic E-state index is -0.875. The summed E-state index contributed by atoms with van der Waals surface area (Å²) in [6.07, 6.45) is 4.42. The van der Waals surface area contributed by atoms with Crippen LogP contribution >= 0.6 is 0 Å². The molecule has 1 fully saturated rings. The molecule has 0 saturated carbocycles. The summed E-state index contributed by atoms with van der Waals surface area (Å²) in [6.45, 7) is 3.61. The van der Waals surface area contributed by atoms with Crippen LogP contribution in [0, 0.1) is 12.7 Å². The number of rotatable bonds is 4. The van der Waals surface area contributed by atoms with Gasteiger partial charge in [-0.1, -0.05) is 30.5 Å². The lowest BCUT2D eigenvalue weighted by atomic mass is 9.99. The summed E-state index contributed by atoms with van der Waals surface area (Å²) in [7, 11) is 0. The molecule has 3 nitrogen and oxygen atoms in total. The third-order valence-electron chi connectivity index (χ3n) is 3.96. The van der Waals surface area contributed by atoms with Crippen LogP contribution in [0.4, 0.5) is 4.39 Å². The number of carboxylic acids is 1. The van der Waals surface area contributed by atoms with E-state index in [4.69, 9.17) is 5.11 Å². The molecule has 1 aliphatic rings. The van der Waals surface area contributed by atoms with Crippen molar-refractivity contribution in [1.82, 2.24) is 4.90 Å². The maximum atomic E-state index is 14.1. The molecule has 0 bridgehead atoms. The SMILES string of the molecule is Cc1ccc(F)c(C(CC(=O)O)N2CCCCCC2)c1. The Balaban J connectivity index is 2.30. The van der Waals surface area contributed by atoms with Gasteiger partial charge in [-0.2, -0.15) is 0 Å². The van der Waals surface area contributed by atoms with Crippen molar-refractivity contribution in [3.8, 4) is 0 Å². The number of halogens is 1. The van der Waals surface area contributed by atoms with Crippen LogP contribution in [-0.4, -0.2) is 29.1 Å². The average Bonchev–Trinajstić information content (AvgIpc) is 2.67. The molecule has 1 atom stereocenters. The smallest absolute Gasteiger partial charge is 0.305 e. The van der Waals surface area contributed by atoms with Gasteiger partial charge in [0.25, 0.3) is 0 Å². The van der Waals surface area contributed by atoms with Crippen molar-refractivity contribution >= 4 is 5.97 Å². The first-order valence-electron chi connectivity index (χ1n) is 7.30. The summed E-state index contributed by atoms with van der Waals surface area (Å²) >= 11 is 0. The van der Waals surface area contributed by atoms with E-state index in [0.717, 1.165) is 31.5 Å². The van der Waals surface area contributed by atoms with Crippen molar-refractivity contribution in [2.24, 2.45) is 0 Å². The summed E-state index contributed by atoms with van der Waals surface area (Å²) in [5, 5.41) is 9.16. The second-order valence-corrected chi connectivity index (χ2v) is 5.59. The van der Waals surface area contributed by atoms with Gasteiger partial charge < -0.3 is 5.11 Å². The molecule has 1 aliphatic heterocycles. The van der Waals surface area contributed by atoms with Crippen molar-refractivity contribution in [2.45, 2.75) is 45.1 Å².